The number of nitrogens with zero attached hydrogens (tertiary/aromatic N) is 1. The Morgan fingerprint density at radius 3 is 2.62 bits per heavy atom. The summed E-state index contributed by atoms with van der Waals surface area (Å²) >= 11 is 0. The quantitative estimate of drug-likeness (QED) is 0.808. The largest absolute Gasteiger partial charge is 0.496 e. The first-order chi connectivity index (χ1) is 12.2. The van der Waals surface area contributed by atoms with Gasteiger partial charge in [-0.2, -0.15) is 0 Å². The van der Waals surface area contributed by atoms with Gasteiger partial charge >= 0.3 is 0 Å². The van der Waals surface area contributed by atoms with Crippen LogP contribution in [-0.4, -0.2) is 56.0 Å². The summed E-state index contributed by atoms with van der Waals surface area (Å²) in [6, 6.07) is 7.82. The van der Waals surface area contributed by atoms with E-state index in [1.807, 2.05) is 29.2 Å². The molecule has 2 amide bonds. The topological polar surface area (TPSA) is 70.7 Å². The van der Waals surface area contributed by atoms with Crippen molar-refractivity contribution in [1.82, 2.24) is 15.5 Å². The molecule has 26 heavy (non-hydrogen) atoms. The third-order valence-corrected chi connectivity index (χ3v) is 5.16. The van der Waals surface area contributed by atoms with E-state index in [1.54, 1.807) is 7.11 Å². The first kappa shape index (κ1) is 20.5. The monoisotopic (exact) mass is 381 g/mol. The van der Waals surface area contributed by atoms with Gasteiger partial charge in [0, 0.05) is 31.2 Å². The van der Waals surface area contributed by atoms with Gasteiger partial charge in [-0.05, 0) is 31.9 Å². The van der Waals surface area contributed by atoms with Crippen LogP contribution < -0.4 is 15.4 Å². The molecule has 0 radical (unpaired) electrons. The average Bonchev–Trinajstić information content (AvgIpc) is 3.17. The highest BCUT2D eigenvalue weighted by atomic mass is 35.5. The van der Waals surface area contributed by atoms with Crippen molar-refractivity contribution >= 4 is 24.2 Å². The summed E-state index contributed by atoms with van der Waals surface area (Å²) in [6.07, 6.45) is 2.92. The second kappa shape index (κ2) is 9.78. The van der Waals surface area contributed by atoms with Crippen molar-refractivity contribution < 1.29 is 14.3 Å². The molecule has 1 aromatic carbocycles. The number of likely N-dealkylation sites (tertiary alicyclic amines) is 1. The van der Waals surface area contributed by atoms with Gasteiger partial charge in [-0.25, -0.2) is 0 Å². The minimum Gasteiger partial charge on any atom is -0.496 e. The van der Waals surface area contributed by atoms with Crippen molar-refractivity contribution in [3.05, 3.63) is 29.8 Å². The zero-order chi connectivity index (χ0) is 17.6. The third-order valence-electron chi connectivity index (χ3n) is 5.16. The van der Waals surface area contributed by atoms with Crippen molar-refractivity contribution in [1.29, 1.82) is 0 Å². The van der Waals surface area contributed by atoms with E-state index in [-0.39, 0.29) is 36.2 Å². The van der Waals surface area contributed by atoms with Gasteiger partial charge in [-0.3, -0.25) is 9.59 Å². The molecular weight excluding hydrogens is 354 g/mol. The predicted octanol–water partition coefficient (Wildman–Crippen LogP) is 1.38. The number of carbonyl (C=O) groups is 2. The molecule has 3 rings (SSSR count). The van der Waals surface area contributed by atoms with E-state index in [9.17, 15) is 9.59 Å². The number of carbonyl (C=O) groups excluding carboxylic acids is 2. The minimum atomic E-state index is 0. The first-order valence-electron chi connectivity index (χ1n) is 9.08. The number of benzene rings is 1. The van der Waals surface area contributed by atoms with Crippen LogP contribution in [0.3, 0.4) is 0 Å². The van der Waals surface area contributed by atoms with Gasteiger partial charge in [-0.15, -0.1) is 12.4 Å². The summed E-state index contributed by atoms with van der Waals surface area (Å²) in [7, 11) is 1.62. The van der Waals surface area contributed by atoms with Crippen molar-refractivity contribution in [2.24, 2.45) is 5.92 Å². The number of hydrogen-bond acceptors (Lipinski definition) is 4. The average molecular weight is 382 g/mol. The van der Waals surface area contributed by atoms with Gasteiger partial charge in [0.25, 0.3) is 0 Å². The Bertz CT molecular complexity index is 612. The van der Waals surface area contributed by atoms with Crippen LogP contribution in [0, 0.1) is 5.92 Å². The van der Waals surface area contributed by atoms with Crippen LogP contribution in [0.2, 0.25) is 0 Å². The van der Waals surface area contributed by atoms with Crippen LogP contribution >= 0.6 is 12.4 Å². The van der Waals surface area contributed by atoms with E-state index in [0.29, 0.717) is 19.5 Å². The highest BCUT2D eigenvalue weighted by Gasteiger charge is 2.28. The summed E-state index contributed by atoms with van der Waals surface area (Å²) < 4.78 is 5.32. The van der Waals surface area contributed by atoms with Crippen LogP contribution in [-0.2, 0) is 16.0 Å². The summed E-state index contributed by atoms with van der Waals surface area (Å²) in [4.78, 5) is 26.6. The molecule has 0 aromatic heterocycles. The van der Waals surface area contributed by atoms with Crippen LogP contribution in [0.1, 0.15) is 24.8 Å². The standard InChI is InChI=1S/C19H27N3O3.ClH/c1-25-17-5-3-2-4-14(17)12-18(23)22-10-7-16(8-11-22)21-19(24)15-6-9-20-13-15;/h2-5,15-16,20H,6-13H2,1H3,(H,21,24);1H. The Balaban J connectivity index is 0.00000243. The minimum absolute atomic E-state index is 0. The number of para-hydroxylation sites is 1. The molecule has 2 aliphatic heterocycles. The third kappa shape index (κ3) is 5.11. The number of amides is 2. The van der Waals surface area contributed by atoms with Crippen molar-refractivity contribution in [2.45, 2.75) is 31.7 Å². The van der Waals surface area contributed by atoms with Gasteiger partial charge in [-0.1, -0.05) is 18.2 Å². The number of methoxy groups -OCH3 is 1. The number of nitrogens with one attached hydrogen (secondary N) is 2. The summed E-state index contributed by atoms with van der Waals surface area (Å²) in [5.74, 6) is 1.13. The fourth-order valence-electron chi connectivity index (χ4n) is 3.59. The van der Waals surface area contributed by atoms with E-state index in [2.05, 4.69) is 10.6 Å². The van der Waals surface area contributed by atoms with E-state index in [4.69, 9.17) is 4.74 Å². The van der Waals surface area contributed by atoms with Crippen molar-refractivity contribution in [2.75, 3.05) is 33.3 Å². The molecule has 1 atom stereocenters. The number of piperidine rings is 1. The Labute approximate surface area is 161 Å². The lowest BCUT2D eigenvalue weighted by Crippen LogP contribution is -2.48. The fourth-order valence-corrected chi connectivity index (χ4v) is 3.59. The number of hydrogen-bond donors (Lipinski definition) is 2. The van der Waals surface area contributed by atoms with Gasteiger partial charge < -0.3 is 20.3 Å². The molecular formula is C19H28ClN3O3. The molecule has 0 spiro atoms. The molecule has 7 heteroatoms. The van der Waals surface area contributed by atoms with E-state index < -0.39 is 0 Å². The Morgan fingerprint density at radius 2 is 1.96 bits per heavy atom. The van der Waals surface area contributed by atoms with Crippen LogP contribution in [0.4, 0.5) is 0 Å². The molecule has 2 aliphatic rings. The van der Waals surface area contributed by atoms with Gasteiger partial charge in [0.15, 0.2) is 0 Å². The van der Waals surface area contributed by atoms with Crippen molar-refractivity contribution in [3.63, 3.8) is 0 Å². The van der Waals surface area contributed by atoms with E-state index in [1.165, 1.54) is 0 Å². The number of halogens is 1. The molecule has 0 aliphatic carbocycles. The highest BCUT2D eigenvalue weighted by molar-refractivity contribution is 5.85. The first-order valence-corrected chi connectivity index (χ1v) is 9.08. The number of rotatable bonds is 5. The van der Waals surface area contributed by atoms with Gasteiger partial charge in [0.2, 0.25) is 11.8 Å². The Kier molecular flexibility index (Phi) is 7.72. The van der Waals surface area contributed by atoms with E-state index >= 15 is 0 Å². The van der Waals surface area contributed by atoms with Gasteiger partial charge in [0.1, 0.15) is 5.75 Å². The SMILES string of the molecule is COc1ccccc1CC(=O)N1CCC(NC(=O)C2CCNC2)CC1.Cl. The molecule has 1 aromatic rings. The lowest BCUT2D eigenvalue weighted by molar-refractivity contribution is -0.131. The van der Waals surface area contributed by atoms with E-state index in [0.717, 1.165) is 43.7 Å². The second-order valence-electron chi connectivity index (χ2n) is 6.84. The Morgan fingerprint density at radius 1 is 1.23 bits per heavy atom. The van der Waals surface area contributed by atoms with Crippen LogP contribution in [0.25, 0.3) is 0 Å². The molecule has 0 bridgehead atoms. The maximum Gasteiger partial charge on any atom is 0.227 e. The highest BCUT2D eigenvalue weighted by Crippen LogP contribution is 2.20. The predicted molar refractivity (Wildman–Crippen MR) is 103 cm³/mol. The lowest BCUT2D eigenvalue weighted by Gasteiger charge is -2.33. The molecule has 6 nitrogen and oxygen atoms in total. The normalized spacial score (nSPS) is 20.3. The summed E-state index contributed by atoms with van der Waals surface area (Å²) in [5.41, 5.74) is 0.916. The Hall–Kier alpha value is -1.79. The molecule has 0 saturated carbocycles. The zero-order valence-electron chi connectivity index (χ0n) is 15.2. The second-order valence-corrected chi connectivity index (χ2v) is 6.84. The summed E-state index contributed by atoms with van der Waals surface area (Å²) in [6.45, 7) is 3.10. The molecule has 1 unspecified atom stereocenters. The van der Waals surface area contributed by atoms with Crippen LogP contribution in [0.15, 0.2) is 24.3 Å². The van der Waals surface area contributed by atoms with Crippen LogP contribution in [0.5, 0.6) is 5.75 Å². The fraction of sp³-hybridized carbons (Fsp3) is 0.579. The molecule has 144 valence electrons. The summed E-state index contributed by atoms with van der Waals surface area (Å²) in [5, 5.41) is 6.37. The molecule has 2 fully saturated rings. The maximum absolute atomic E-state index is 12.5. The number of ether oxygens (including phenoxy) is 1. The smallest absolute Gasteiger partial charge is 0.227 e. The van der Waals surface area contributed by atoms with Gasteiger partial charge in [0.05, 0.1) is 19.4 Å². The molecule has 2 heterocycles. The lowest BCUT2D eigenvalue weighted by atomic mass is 10.0. The molecule has 2 saturated heterocycles. The zero-order valence-corrected chi connectivity index (χ0v) is 16.0. The van der Waals surface area contributed by atoms with Crippen molar-refractivity contribution in [3.8, 4) is 5.75 Å². The molecule has 2 N–H and O–H groups in total. The maximum atomic E-state index is 12.5.